The Hall–Kier alpha value is -1.70. The Labute approximate surface area is 127 Å². The van der Waals surface area contributed by atoms with Crippen molar-refractivity contribution >= 4 is 0 Å². The maximum atomic E-state index is 10.6. The Morgan fingerprint density at radius 2 is 2.05 bits per heavy atom. The predicted octanol–water partition coefficient (Wildman–Crippen LogP) is 5.07. The minimum absolute atomic E-state index is 0.0213. The zero-order valence-electron chi connectivity index (χ0n) is 13.3. The minimum atomic E-state index is 0.0213. The number of allylic oxidation sites excluding steroid dienone is 3. The molecule has 0 saturated carbocycles. The molecule has 0 bridgehead atoms. The molecule has 2 rings (SSSR count). The maximum absolute atomic E-state index is 10.6. The minimum Gasteiger partial charge on any atom is -0.508 e. The van der Waals surface area contributed by atoms with Crippen LogP contribution in [-0.4, -0.2) is 10.2 Å². The highest BCUT2D eigenvalue weighted by Gasteiger charge is 2.30. The van der Waals surface area contributed by atoms with Crippen LogP contribution in [0.5, 0.6) is 11.5 Å². The van der Waals surface area contributed by atoms with Gasteiger partial charge in [0.05, 0.1) is 0 Å². The van der Waals surface area contributed by atoms with Gasteiger partial charge in [-0.05, 0) is 50.7 Å². The van der Waals surface area contributed by atoms with E-state index in [0.29, 0.717) is 5.56 Å². The van der Waals surface area contributed by atoms with Crippen molar-refractivity contribution in [3.8, 4) is 11.5 Å². The maximum Gasteiger partial charge on any atom is 0.126 e. The van der Waals surface area contributed by atoms with Gasteiger partial charge in [0, 0.05) is 11.5 Å². The average Bonchev–Trinajstić information content (AvgIpc) is 2.42. The van der Waals surface area contributed by atoms with Gasteiger partial charge in [-0.15, -0.1) is 0 Å². The molecule has 21 heavy (non-hydrogen) atoms. The first-order valence-electron chi connectivity index (χ1n) is 7.82. The van der Waals surface area contributed by atoms with Gasteiger partial charge in [-0.1, -0.05) is 43.2 Å². The summed E-state index contributed by atoms with van der Waals surface area (Å²) in [4.78, 5) is 0. The van der Waals surface area contributed by atoms with Crippen LogP contribution in [0.15, 0.2) is 35.9 Å². The van der Waals surface area contributed by atoms with Gasteiger partial charge in [0.1, 0.15) is 11.5 Å². The summed E-state index contributed by atoms with van der Waals surface area (Å²) in [6, 6.07) is 3.54. The quantitative estimate of drug-likeness (QED) is 0.759. The number of aromatic hydroxyl groups is 2. The van der Waals surface area contributed by atoms with Gasteiger partial charge in [0.15, 0.2) is 0 Å². The largest absolute Gasteiger partial charge is 0.508 e. The molecule has 1 aromatic carbocycles. The lowest BCUT2D eigenvalue weighted by atomic mass is 9.73. The first-order valence-corrected chi connectivity index (χ1v) is 7.82. The number of phenolic OH excluding ortho intramolecular Hbond substituents is 2. The van der Waals surface area contributed by atoms with Crippen LogP contribution in [0.25, 0.3) is 0 Å². The molecule has 0 heterocycles. The van der Waals surface area contributed by atoms with E-state index in [1.54, 1.807) is 6.07 Å². The standard InChI is InChI=1S/C19H26O2/c1-5-6-14-8-10-17(20)18(19(14)21)16-11-13(4)7-9-15(16)12(2)3/h8,10-11,15-16,20-21H,2,5-7,9H2,1,3-4H3. The highest BCUT2D eigenvalue weighted by molar-refractivity contribution is 5.53. The summed E-state index contributed by atoms with van der Waals surface area (Å²) in [5, 5.41) is 20.9. The van der Waals surface area contributed by atoms with Crippen molar-refractivity contribution in [2.24, 2.45) is 5.92 Å². The number of aryl methyl sites for hydroxylation is 1. The Balaban J connectivity index is 2.54. The topological polar surface area (TPSA) is 40.5 Å². The van der Waals surface area contributed by atoms with Crippen LogP contribution in [0.1, 0.15) is 57.1 Å². The normalized spacial score (nSPS) is 22.0. The van der Waals surface area contributed by atoms with Crippen molar-refractivity contribution in [1.82, 2.24) is 0 Å². The lowest BCUT2D eigenvalue weighted by molar-refractivity contribution is 0.403. The van der Waals surface area contributed by atoms with Gasteiger partial charge in [-0.3, -0.25) is 0 Å². The summed E-state index contributed by atoms with van der Waals surface area (Å²) in [7, 11) is 0. The van der Waals surface area contributed by atoms with Gasteiger partial charge in [0.25, 0.3) is 0 Å². The molecule has 0 aromatic heterocycles. The van der Waals surface area contributed by atoms with Crippen molar-refractivity contribution in [3.05, 3.63) is 47.1 Å². The summed E-state index contributed by atoms with van der Waals surface area (Å²) in [5.74, 6) is 0.754. The monoisotopic (exact) mass is 286 g/mol. The van der Waals surface area contributed by atoms with Crippen LogP contribution < -0.4 is 0 Å². The third-order valence-corrected chi connectivity index (χ3v) is 4.51. The van der Waals surface area contributed by atoms with E-state index in [1.165, 1.54) is 5.57 Å². The molecule has 2 nitrogen and oxygen atoms in total. The third kappa shape index (κ3) is 3.15. The number of phenols is 2. The van der Waals surface area contributed by atoms with E-state index in [0.717, 1.165) is 36.8 Å². The van der Waals surface area contributed by atoms with E-state index in [9.17, 15) is 10.2 Å². The van der Waals surface area contributed by atoms with Gasteiger partial charge in [0.2, 0.25) is 0 Å². The smallest absolute Gasteiger partial charge is 0.126 e. The second kappa shape index (κ2) is 6.38. The van der Waals surface area contributed by atoms with Gasteiger partial charge >= 0.3 is 0 Å². The Bertz CT molecular complexity index is 569. The second-order valence-electron chi connectivity index (χ2n) is 6.29. The van der Waals surface area contributed by atoms with E-state index in [1.807, 2.05) is 13.0 Å². The van der Waals surface area contributed by atoms with Crippen LogP contribution in [0.3, 0.4) is 0 Å². The zero-order chi connectivity index (χ0) is 15.6. The Morgan fingerprint density at radius 3 is 2.67 bits per heavy atom. The molecule has 114 valence electrons. The molecule has 0 fully saturated rings. The van der Waals surface area contributed by atoms with Gasteiger partial charge < -0.3 is 10.2 Å². The first-order chi connectivity index (χ1) is 9.95. The lowest BCUT2D eigenvalue weighted by Gasteiger charge is -2.31. The fraction of sp³-hybridized carbons (Fsp3) is 0.474. The van der Waals surface area contributed by atoms with E-state index in [4.69, 9.17) is 0 Å². The highest BCUT2D eigenvalue weighted by Crippen LogP contribution is 2.47. The molecule has 1 aliphatic rings. The molecule has 0 radical (unpaired) electrons. The summed E-state index contributed by atoms with van der Waals surface area (Å²) in [6.45, 7) is 10.4. The Morgan fingerprint density at radius 1 is 1.33 bits per heavy atom. The molecule has 0 amide bonds. The van der Waals surface area contributed by atoms with Crippen molar-refractivity contribution < 1.29 is 10.2 Å². The number of benzene rings is 1. The number of rotatable bonds is 4. The molecule has 2 unspecified atom stereocenters. The Kier molecular flexibility index (Phi) is 4.76. The summed E-state index contributed by atoms with van der Waals surface area (Å²) >= 11 is 0. The van der Waals surface area contributed by atoms with Crippen LogP contribution in [-0.2, 0) is 6.42 Å². The average molecular weight is 286 g/mol. The number of hydrogen-bond donors (Lipinski definition) is 2. The van der Waals surface area contributed by atoms with E-state index < -0.39 is 0 Å². The first kappa shape index (κ1) is 15.7. The molecule has 2 heteroatoms. The summed E-state index contributed by atoms with van der Waals surface area (Å²) in [6.07, 6.45) is 6.07. The molecule has 2 N–H and O–H groups in total. The molecule has 0 aliphatic heterocycles. The lowest BCUT2D eigenvalue weighted by Crippen LogP contribution is -2.17. The molecular formula is C19H26O2. The molecule has 1 aliphatic carbocycles. The fourth-order valence-electron chi connectivity index (χ4n) is 3.35. The van der Waals surface area contributed by atoms with Crippen LogP contribution in [0.4, 0.5) is 0 Å². The molecule has 1 aromatic rings. The van der Waals surface area contributed by atoms with E-state index in [2.05, 4.69) is 26.5 Å². The van der Waals surface area contributed by atoms with E-state index in [-0.39, 0.29) is 23.3 Å². The van der Waals surface area contributed by atoms with Gasteiger partial charge in [-0.25, -0.2) is 0 Å². The van der Waals surface area contributed by atoms with Crippen LogP contribution in [0.2, 0.25) is 0 Å². The van der Waals surface area contributed by atoms with Crippen LogP contribution >= 0.6 is 0 Å². The SMILES string of the molecule is C=C(C)C1CCC(C)=CC1c1c(O)ccc(CCC)c1O. The summed E-state index contributed by atoms with van der Waals surface area (Å²) in [5.41, 5.74) is 4.02. The fourth-order valence-corrected chi connectivity index (χ4v) is 3.35. The molecule has 0 saturated heterocycles. The predicted molar refractivity (Wildman–Crippen MR) is 87.8 cm³/mol. The van der Waals surface area contributed by atoms with E-state index >= 15 is 0 Å². The summed E-state index contributed by atoms with van der Waals surface area (Å²) < 4.78 is 0. The van der Waals surface area contributed by atoms with Crippen molar-refractivity contribution in [1.29, 1.82) is 0 Å². The zero-order valence-corrected chi connectivity index (χ0v) is 13.3. The molecule has 2 atom stereocenters. The third-order valence-electron chi connectivity index (χ3n) is 4.51. The number of hydrogen-bond acceptors (Lipinski definition) is 2. The van der Waals surface area contributed by atoms with Gasteiger partial charge in [-0.2, -0.15) is 0 Å². The van der Waals surface area contributed by atoms with Crippen LogP contribution in [0, 0.1) is 5.92 Å². The van der Waals surface area contributed by atoms with Crippen molar-refractivity contribution in [2.75, 3.05) is 0 Å². The highest BCUT2D eigenvalue weighted by atomic mass is 16.3. The molecular weight excluding hydrogens is 260 g/mol. The second-order valence-corrected chi connectivity index (χ2v) is 6.29. The molecule has 0 spiro atoms. The van der Waals surface area contributed by atoms with Crippen molar-refractivity contribution in [3.63, 3.8) is 0 Å². The van der Waals surface area contributed by atoms with Crippen molar-refractivity contribution in [2.45, 2.75) is 52.4 Å².